The van der Waals surface area contributed by atoms with E-state index in [1.807, 2.05) is 0 Å². The van der Waals surface area contributed by atoms with Crippen LogP contribution in [0.15, 0.2) is 12.7 Å². The van der Waals surface area contributed by atoms with Gasteiger partial charge in [-0.1, -0.05) is 6.58 Å². The topological polar surface area (TPSA) is 12.0 Å². The normalized spacial score (nSPS) is 11.3. The first-order chi connectivity index (χ1) is 3.12. The second kappa shape index (κ2) is 2.02. The summed E-state index contributed by atoms with van der Waals surface area (Å²) in [6.07, 6.45) is 0.549. The van der Waals surface area contributed by atoms with Crippen LogP contribution in [-0.4, -0.2) is 13.1 Å². The van der Waals surface area contributed by atoms with Gasteiger partial charge in [0.05, 0.1) is 0 Å². The number of hydrogen-bond acceptors (Lipinski definition) is 1. The lowest BCUT2D eigenvalue weighted by molar-refractivity contribution is 0.0261. The molecule has 0 aliphatic carbocycles. The lowest BCUT2D eigenvalue weighted by Crippen LogP contribution is -2.29. The minimum Gasteiger partial charge on any atom is -0.258 e. The van der Waals surface area contributed by atoms with Crippen LogP contribution in [-0.2, 0) is 0 Å². The van der Waals surface area contributed by atoms with Crippen molar-refractivity contribution in [1.82, 2.24) is 5.32 Å². The van der Waals surface area contributed by atoms with Crippen LogP contribution in [0.2, 0.25) is 0 Å². The molecule has 0 saturated carbocycles. The van der Waals surface area contributed by atoms with Crippen LogP contribution in [0.3, 0.4) is 0 Å². The van der Waals surface area contributed by atoms with Gasteiger partial charge in [-0.15, -0.1) is 0 Å². The molecule has 0 atom stereocenters. The van der Waals surface area contributed by atoms with E-state index in [2.05, 4.69) is 6.58 Å². The number of alkyl halides is 2. The van der Waals surface area contributed by atoms with Gasteiger partial charge in [0.25, 0.3) is 0 Å². The maximum atomic E-state index is 11.7. The summed E-state index contributed by atoms with van der Waals surface area (Å²) in [5.41, 5.74) is 0. The van der Waals surface area contributed by atoms with Gasteiger partial charge in [-0.3, -0.25) is 5.32 Å². The number of likely N-dealkylation sites (N-methyl/N-ethyl adjacent to an activating group) is 1. The van der Waals surface area contributed by atoms with Crippen molar-refractivity contribution in [2.24, 2.45) is 0 Å². The van der Waals surface area contributed by atoms with Crippen LogP contribution in [0, 0.1) is 0 Å². The SMILES string of the molecule is C=CC(F)(F)NC. The molecule has 1 nitrogen and oxygen atoms in total. The van der Waals surface area contributed by atoms with Gasteiger partial charge >= 0.3 is 6.05 Å². The van der Waals surface area contributed by atoms with Gasteiger partial charge in [0.2, 0.25) is 0 Å². The zero-order valence-corrected chi connectivity index (χ0v) is 4.04. The molecular weight excluding hydrogens is 100 g/mol. The lowest BCUT2D eigenvalue weighted by Gasteiger charge is -2.06. The van der Waals surface area contributed by atoms with Crippen molar-refractivity contribution < 1.29 is 8.78 Å². The summed E-state index contributed by atoms with van der Waals surface area (Å²) < 4.78 is 23.3. The van der Waals surface area contributed by atoms with Crippen molar-refractivity contribution in [3.63, 3.8) is 0 Å². The van der Waals surface area contributed by atoms with E-state index >= 15 is 0 Å². The third-order valence-corrected chi connectivity index (χ3v) is 0.590. The fraction of sp³-hybridized carbons (Fsp3) is 0.500. The molecule has 7 heavy (non-hydrogen) atoms. The van der Waals surface area contributed by atoms with Crippen LogP contribution in [0.4, 0.5) is 8.78 Å². The first kappa shape index (κ1) is 6.56. The van der Waals surface area contributed by atoms with Crippen molar-refractivity contribution in [3.8, 4) is 0 Å². The van der Waals surface area contributed by atoms with Gasteiger partial charge in [0.15, 0.2) is 0 Å². The molecule has 0 fully saturated rings. The predicted molar refractivity (Wildman–Crippen MR) is 24.2 cm³/mol. The fourth-order valence-electron chi connectivity index (χ4n) is 0.102. The maximum absolute atomic E-state index is 11.7. The Labute approximate surface area is 41.0 Å². The quantitative estimate of drug-likeness (QED) is 0.409. The second-order valence-corrected chi connectivity index (χ2v) is 1.08. The molecule has 0 spiro atoms. The number of halogens is 2. The molecule has 0 heterocycles. The van der Waals surface area contributed by atoms with E-state index in [9.17, 15) is 8.78 Å². The monoisotopic (exact) mass is 107 g/mol. The maximum Gasteiger partial charge on any atom is 0.322 e. The molecule has 0 radical (unpaired) electrons. The summed E-state index contributed by atoms with van der Waals surface area (Å²) in [6.45, 7) is 2.89. The van der Waals surface area contributed by atoms with Gasteiger partial charge in [-0.05, 0) is 13.1 Å². The summed E-state index contributed by atoms with van der Waals surface area (Å²) in [5.74, 6) is 0. The van der Waals surface area contributed by atoms with E-state index in [4.69, 9.17) is 0 Å². The Hall–Kier alpha value is -0.440. The molecule has 0 aromatic heterocycles. The largest absolute Gasteiger partial charge is 0.322 e. The van der Waals surface area contributed by atoms with Gasteiger partial charge in [0, 0.05) is 0 Å². The van der Waals surface area contributed by atoms with Crippen LogP contribution in [0.25, 0.3) is 0 Å². The van der Waals surface area contributed by atoms with Crippen molar-refractivity contribution in [2.75, 3.05) is 7.05 Å². The Morgan fingerprint density at radius 1 is 1.71 bits per heavy atom. The van der Waals surface area contributed by atoms with E-state index in [1.165, 1.54) is 7.05 Å². The zero-order valence-electron chi connectivity index (χ0n) is 4.04. The smallest absolute Gasteiger partial charge is 0.258 e. The Bertz CT molecular complexity index is 70.1. The fourth-order valence-corrected chi connectivity index (χ4v) is 0.102. The minimum atomic E-state index is -2.90. The predicted octanol–water partition coefficient (Wildman–Crippen LogP) is 0.985. The standard InChI is InChI=1S/C4H7F2N/c1-3-4(5,6)7-2/h3,7H,1H2,2H3. The lowest BCUT2D eigenvalue weighted by atomic mass is 10.5. The summed E-state index contributed by atoms with van der Waals surface area (Å²) >= 11 is 0. The van der Waals surface area contributed by atoms with Gasteiger partial charge in [0.1, 0.15) is 0 Å². The molecule has 0 aromatic carbocycles. The number of rotatable bonds is 2. The third kappa shape index (κ3) is 2.28. The summed E-state index contributed by atoms with van der Waals surface area (Å²) in [7, 11) is 1.17. The van der Waals surface area contributed by atoms with Crippen LogP contribution < -0.4 is 5.32 Å². The molecule has 42 valence electrons. The molecular formula is C4H7F2N. The van der Waals surface area contributed by atoms with Crippen LogP contribution in [0.1, 0.15) is 0 Å². The van der Waals surface area contributed by atoms with E-state index in [1.54, 1.807) is 5.32 Å². The molecule has 0 aromatic rings. The van der Waals surface area contributed by atoms with E-state index in [0.29, 0.717) is 6.08 Å². The highest BCUT2D eigenvalue weighted by molar-refractivity contribution is 4.82. The van der Waals surface area contributed by atoms with Gasteiger partial charge in [-0.25, -0.2) is 0 Å². The average molecular weight is 107 g/mol. The first-order valence-electron chi connectivity index (χ1n) is 1.82. The molecule has 0 aliphatic rings. The number of nitrogens with one attached hydrogen (secondary N) is 1. The third-order valence-electron chi connectivity index (χ3n) is 0.590. The van der Waals surface area contributed by atoms with Crippen molar-refractivity contribution in [3.05, 3.63) is 12.7 Å². The molecule has 0 unspecified atom stereocenters. The molecule has 0 aliphatic heterocycles. The van der Waals surface area contributed by atoms with Crippen LogP contribution >= 0.6 is 0 Å². The minimum absolute atomic E-state index is 0.549. The first-order valence-corrected chi connectivity index (χ1v) is 1.82. The van der Waals surface area contributed by atoms with Gasteiger partial charge < -0.3 is 0 Å². The average Bonchev–Trinajstić information content (AvgIpc) is 1.68. The second-order valence-electron chi connectivity index (χ2n) is 1.08. The Morgan fingerprint density at radius 3 is 2.14 bits per heavy atom. The highest BCUT2D eigenvalue weighted by Crippen LogP contribution is 2.06. The van der Waals surface area contributed by atoms with Crippen LogP contribution in [0.5, 0.6) is 0 Å². The van der Waals surface area contributed by atoms with E-state index < -0.39 is 6.05 Å². The van der Waals surface area contributed by atoms with Crippen molar-refractivity contribution in [2.45, 2.75) is 6.05 Å². The molecule has 0 saturated heterocycles. The highest BCUT2D eigenvalue weighted by Gasteiger charge is 2.18. The van der Waals surface area contributed by atoms with E-state index in [0.717, 1.165) is 0 Å². The van der Waals surface area contributed by atoms with Crippen molar-refractivity contribution in [1.29, 1.82) is 0 Å². The summed E-state index contributed by atoms with van der Waals surface area (Å²) in [6, 6.07) is -2.90. The molecule has 3 heteroatoms. The number of hydrogen-bond donors (Lipinski definition) is 1. The Kier molecular flexibility index (Phi) is 1.90. The summed E-state index contributed by atoms with van der Waals surface area (Å²) in [4.78, 5) is 0. The Balaban J connectivity index is 3.58. The van der Waals surface area contributed by atoms with Gasteiger partial charge in [-0.2, -0.15) is 8.78 Å². The molecule has 0 amide bonds. The summed E-state index contributed by atoms with van der Waals surface area (Å²) in [5, 5.41) is 1.74. The van der Waals surface area contributed by atoms with Crippen molar-refractivity contribution >= 4 is 0 Å². The molecule has 0 bridgehead atoms. The zero-order chi connectivity index (χ0) is 5.91. The van der Waals surface area contributed by atoms with E-state index in [-0.39, 0.29) is 0 Å². The molecule has 0 rings (SSSR count). The Morgan fingerprint density at radius 2 is 2.14 bits per heavy atom. The molecule has 1 N–H and O–H groups in total. The highest BCUT2D eigenvalue weighted by atomic mass is 19.3.